The molecule has 4 heteroatoms. The van der Waals surface area contributed by atoms with Gasteiger partial charge in [0, 0.05) is 6.61 Å². The lowest BCUT2D eigenvalue weighted by Crippen LogP contribution is -2.67. The molecule has 1 fully saturated rings. The van der Waals surface area contributed by atoms with Gasteiger partial charge in [-0.1, -0.05) is 87.5 Å². The zero-order valence-corrected chi connectivity index (χ0v) is 19.0. The van der Waals surface area contributed by atoms with Crippen LogP contribution in [0.4, 0.5) is 0 Å². The van der Waals surface area contributed by atoms with Crippen LogP contribution in [-0.4, -0.2) is 40.3 Å². The van der Waals surface area contributed by atoms with Crippen molar-refractivity contribution >= 4 is 18.7 Å². The summed E-state index contributed by atoms with van der Waals surface area (Å²) in [5.74, 6) is 0. The number of ether oxygens (including phenoxy) is 2. The van der Waals surface area contributed by atoms with E-state index in [1.807, 2.05) is 0 Å². The Kier molecular flexibility index (Phi) is 7.47. The third kappa shape index (κ3) is 4.89. The molecule has 0 N–H and O–H groups in total. The Balaban J connectivity index is 1.96. The van der Waals surface area contributed by atoms with E-state index in [1.54, 1.807) is 6.08 Å². The Labute approximate surface area is 176 Å². The topological polar surface area (TPSA) is 27.7 Å². The first-order valence-electron chi connectivity index (χ1n) is 10.6. The zero-order valence-electron chi connectivity index (χ0n) is 18.0. The SMILES string of the molecule is C=CCO[C@H]1CCCO[C@@H]1CO[Si](c1ccccc1)(c1ccccc1)C(C)(C)C. The Hall–Kier alpha value is -1.72. The van der Waals surface area contributed by atoms with Gasteiger partial charge in [-0.05, 0) is 28.3 Å². The maximum Gasteiger partial charge on any atom is 0.261 e. The molecule has 3 rings (SSSR count). The molecule has 0 radical (unpaired) electrons. The van der Waals surface area contributed by atoms with Gasteiger partial charge < -0.3 is 13.9 Å². The summed E-state index contributed by atoms with van der Waals surface area (Å²) in [7, 11) is -2.55. The van der Waals surface area contributed by atoms with Crippen molar-refractivity contribution in [2.75, 3.05) is 19.8 Å². The minimum absolute atomic E-state index is 0.0398. The predicted octanol–water partition coefficient (Wildman–Crippen LogP) is 4.31. The second-order valence-electron chi connectivity index (χ2n) is 8.69. The molecular weight excluding hydrogens is 376 g/mol. The third-order valence-corrected chi connectivity index (χ3v) is 10.7. The monoisotopic (exact) mass is 410 g/mol. The van der Waals surface area contributed by atoms with E-state index in [4.69, 9.17) is 13.9 Å². The highest BCUT2D eigenvalue weighted by molar-refractivity contribution is 6.99. The van der Waals surface area contributed by atoms with Crippen molar-refractivity contribution in [2.24, 2.45) is 0 Å². The molecule has 2 atom stereocenters. The molecule has 0 aromatic heterocycles. The minimum atomic E-state index is -2.55. The largest absolute Gasteiger partial charge is 0.405 e. The molecular formula is C25H34O3Si. The summed E-state index contributed by atoms with van der Waals surface area (Å²) < 4.78 is 19.1. The molecule has 0 aliphatic carbocycles. The lowest BCUT2D eigenvalue weighted by molar-refractivity contribution is -0.113. The van der Waals surface area contributed by atoms with Gasteiger partial charge in [0.25, 0.3) is 8.32 Å². The van der Waals surface area contributed by atoms with E-state index in [1.165, 1.54) is 10.4 Å². The molecule has 1 aliphatic rings. The zero-order chi connectivity index (χ0) is 20.7. The van der Waals surface area contributed by atoms with Crippen molar-refractivity contribution in [3.05, 3.63) is 73.3 Å². The van der Waals surface area contributed by atoms with Crippen molar-refractivity contribution in [2.45, 2.75) is 50.9 Å². The first-order valence-corrected chi connectivity index (χ1v) is 12.5. The molecule has 0 bridgehead atoms. The van der Waals surface area contributed by atoms with E-state index >= 15 is 0 Å². The van der Waals surface area contributed by atoms with Crippen molar-refractivity contribution in [3.63, 3.8) is 0 Å². The highest BCUT2D eigenvalue weighted by Crippen LogP contribution is 2.37. The smallest absolute Gasteiger partial charge is 0.261 e. The molecule has 29 heavy (non-hydrogen) atoms. The summed E-state index contributed by atoms with van der Waals surface area (Å²) in [6.07, 6.45) is 3.83. The Morgan fingerprint density at radius 2 is 1.62 bits per heavy atom. The number of hydrogen-bond acceptors (Lipinski definition) is 3. The molecule has 1 saturated heterocycles. The lowest BCUT2D eigenvalue weighted by atomic mass is 10.1. The molecule has 2 aromatic rings. The molecule has 0 spiro atoms. The van der Waals surface area contributed by atoms with Crippen LogP contribution in [0.2, 0.25) is 5.04 Å². The fraction of sp³-hybridized carbons (Fsp3) is 0.440. The normalized spacial score (nSPS) is 20.4. The van der Waals surface area contributed by atoms with Gasteiger partial charge >= 0.3 is 0 Å². The summed E-state index contributed by atoms with van der Waals surface area (Å²) in [6, 6.07) is 21.5. The first kappa shape index (κ1) is 22.0. The van der Waals surface area contributed by atoms with E-state index in [0.717, 1.165) is 19.4 Å². The van der Waals surface area contributed by atoms with Crippen molar-refractivity contribution < 1.29 is 13.9 Å². The minimum Gasteiger partial charge on any atom is -0.405 e. The summed E-state index contributed by atoms with van der Waals surface area (Å²) >= 11 is 0. The Bertz CT molecular complexity index is 715. The van der Waals surface area contributed by atoms with Crippen LogP contribution in [0.5, 0.6) is 0 Å². The van der Waals surface area contributed by atoms with Crippen LogP contribution in [0.3, 0.4) is 0 Å². The molecule has 156 valence electrons. The lowest BCUT2D eigenvalue weighted by Gasteiger charge is -2.44. The van der Waals surface area contributed by atoms with Crippen LogP contribution >= 0.6 is 0 Å². The van der Waals surface area contributed by atoms with E-state index in [2.05, 4.69) is 88.0 Å². The maximum absolute atomic E-state index is 7.02. The average Bonchev–Trinajstić information content (AvgIpc) is 2.74. The molecule has 3 nitrogen and oxygen atoms in total. The molecule has 2 aromatic carbocycles. The predicted molar refractivity (Wildman–Crippen MR) is 122 cm³/mol. The highest BCUT2D eigenvalue weighted by Gasteiger charge is 2.50. The Morgan fingerprint density at radius 1 is 1.03 bits per heavy atom. The molecule has 0 unspecified atom stereocenters. The van der Waals surface area contributed by atoms with Gasteiger partial charge in [0.1, 0.15) is 6.10 Å². The van der Waals surface area contributed by atoms with Crippen LogP contribution in [0, 0.1) is 0 Å². The number of rotatable bonds is 8. The standard InChI is InChI=1S/C25H34O3Si/c1-5-18-26-23-17-12-19-27-24(23)20-28-29(25(2,3)4,21-13-8-6-9-14-21)22-15-10-7-11-16-22/h5-11,13-16,23-24H,1,12,17-20H2,2-4H3/t23-,24+/m0/s1. The van der Waals surface area contributed by atoms with Gasteiger partial charge in [-0.2, -0.15) is 0 Å². The maximum atomic E-state index is 7.02. The first-order chi connectivity index (χ1) is 14.0. The van der Waals surface area contributed by atoms with Crippen LogP contribution in [0.1, 0.15) is 33.6 Å². The van der Waals surface area contributed by atoms with Gasteiger partial charge in [0.15, 0.2) is 0 Å². The van der Waals surface area contributed by atoms with E-state index in [-0.39, 0.29) is 17.2 Å². The summed E-state index contributed by atoms with van der Waals surface area (Å²) in [6.45, 7) is 12.5. The molecule has 1 heterocycles. The molecule has 1 aliphatic heterocycles. The highest BCUT2D eigenvalue weighted by atomic mass is 28.4. The Morgan fingerprint density at radius 3 is 2.14 bits per heavy atom. The van der Waals surface area contributed by atoms with Crippen LogP contribution in [-0.2, 0) is 13.9 Å². The van der Waals surface area contributed by atoms with Crippen molar-refractivity contribution in [1.29, 1.82) is 0 Å². The van der Waals surface area contributed by atoms with Gasteiger partial charge in [0.2, 0.25) is 0 Å². The van der Waals surface area contributed by atoms with Crippen molar-refractivity contribution in [3.8, 4) is 0 Å². The summed E-state index contributed by atoms with van der Waals surface area (Å²) in [5.41, 5.74) is 0. The second kappa shape index (κ2) is 9.85. The summed E-state index contributed by atoms with van der Waals surface area (Å²) in [4.78, 5) is 0. The quantitative estimate of drug-likeness (QED) is 0.479. The van der Waals surface area contributed by atoms with Gasteiger partial charge in [0.05, 0.1) is 19.3 Å². The fourth-order valence-corrected chi connectivity index (χ4v) is 8.89. The van der Waals surface area contributed by atoms with E-state index in [9.17, 15) is 0 Å². The van der Waals surface area contributed by atoms with Crippen LogP contribution in [0.25, 0.3) is 0 Å². The second-order valence-corrected chi connectivity index (χ2v) is 13.0. The molecule has 0 saturated carbocycles. The number of hydrogen-bond donors (Lipinski definition) is 0. The molecule has 0 amide bonds. The van der Waals surface area contributed by atoms with Crippen LogP contribution in [0.15, 0.2) is 73.3 Å². The van der Waals surface area contributed by atoms with E-state index in [0.29, 0.717) is 13.2 Å². The summed E-state index contributed by atoms with van der Waals surface area (Å²) in [5, 5.41) is 2.54. The van der Waals surface area contributed by atoms with E-state index < -0.39 is 8.32 Å². The number of benzene rings is 2. The van der Waals surface area contributed by atoms with Crippen molar-refractivity contribution in [1.82, 2.24) is 0 Å². The van der Waals surface area contributed by atoms with Gasteiger partial charge in [-0.3, -0.25) is 0 Å². The fourth-order valence-electron chi connectivity index (χ4n) is 4.32. The average molecular weight is 411 g/mol. The van der Waals surface area contributed by atoms with Crippen LogP contribution < -0.4 is 10.4 Å². The van der Waals surface area contributed by atoms with Gasteiger partial charge in [-0.15, -0.1) is 6.58 Å². The third-order valence-electron chi connectivity index (χ3n) is 5.69. The van der Waals surface area contributed by atoms with Gasteiger partial charge in [-0.25, -0.2) is 0 Å².